The SMILES string of the molecule is CN[C@H](CC(C)C)C(=O)NC1C(=O)N[C@@H](CC(N)=O)C(=O)NC2C(=O)N[C@H]3C(=O)NC(C(=O)NC(C(=O)NCCCCN)c4cc(O)cc(O)c4-c4cc3ccc4O)[C@H](O)c3ccc(c(Cl)c3)Oc3cc2cc(c3O[C@@H]2O[C@H](CO)[C@@H](O)[C@H](O)[C@H]2O[C@H]2C[C@](C)(Nc3ccc(OCc4ccc(Cl)c(Cl)c4)cc3)[C@H](O)[C@H](C)O2)Oc2ccc(cc2Cl)[C@H]1O. The number of hydrogen-bond acceptors (Lipinski definition) is 27. The van der Waals surface area contributed by atoms with Crippen LogP contribution in [-0.4, -0.2) is 199 Å². The molecule has 122 heavy (non-hydrogen) atoms. The van der Waals surface area contributed by atoms with Crippen molar-refractivity contribution in [2.24, 2.45) is 17.4 Å². The normalized spacial score (nSPS) is 26.3. The fourth-order valence-electron chi connectivity index (χ4n) is 14.9. The van der Waals surface area contributed by atoms with Gasteiger partial charge in [0, 0.05) is 35.8 Å². The molecule has 0 aromatic heterocycles. The lowest BCUT2D eigenvalue weighted by Gasteiger charge is -2.48. The zero-order chi connectivity index (χ0) is 88.0. The van der Waals surface area contributed by atoms with Crippen molar-refractivity contribution in [3.05, 3.63) is 175 Å². The Hall–Kier alpha value is -10.6. The summed E-state index contributed by atoms with van der Waals surface area (Å²) in [5.74, 6) is -14.3. The first kappa shape index (κ1) is 90.6. The highest BCUT2D eigenvalue weighted by Gasteiger charge is 2.53. The van der Waals surface area contributed by atoms with E-state index in [9.17, 15) is 60.3 Å². The Morgan fingerprint density at radius 3 is 1.94 bits per heavy atom. The van der Waals surface area contributed by atoms with Crippen molar-refractivity contribution < 1.29 is 117 Å². The van der Waals surface area contributed by atoms with E-state index in [-0.39, 0.29) is 82.8 Å². The number of hydrogen-bond donors (Lipinski definition) is 20. The number of anilines is 1. The highest BCUT2D eigenvalue weighted by Crippen LogP contribution is 2.50. The van der Waals surface area contributed by atoms with Crippen molar-refractivity contribution >= 4 is 99.3 Å². The largest absolute Gasteiger partial charge is 0.508 e. The van der Waals surface area contributed by atoms with Crippen LogP contribution in [0.1, 0.15) is 124 Å². The number of ether oxygens (including phenoxy) is 7. The van der Waals surface area contributed by atoms with Gasteiger partial charge in [0.25, 0.3) is 0 Å². The highest BCUT2D eigenvalue weighted by molar-refractivity contribution is 6.42. The molecule has 35 nitrogen and oxygen atoms in total. The zero-order valence-corrected chi connectivity index (χ0v) is 69.1. The van der Waals surface area contributed by atoms with Crippen LogP contribution in [0.25, 0.3) is 11.1 Å². The second-order valence-electron chi connectivity index (χ2n) is 30.8. The number of phenols is 3. The van der Waals surface area contributed by atoms with Crippen LogP contribution in [0, 0.1) is 5.92 Å². The van der Waals surface area contributed by atoms with E-state index in [1.54, 1.807) is 56.3 Å². The summed E-state index contributed by atoms with van der Waals surface area (Å²) in [7, 11) is 1.48. The second-order valence-corrected chi connectivity index (χ2v) is 32.4. The topological polar surface area (TPSA) is 544 Å². The molecule has 39 heteroatoms. The number of amides is 8. The number of carbonyl (C=O) groups excluding carboxylic acids is 8. The number of halogens is 4. The molecule has 7 aliphatic heterocycles. The summed E-state index contributed by atoms with van der Waals surface area (Å²) in [6.07, 6.45) is -18.2. The second kappa shape index (κ2) is 38.9. The Labute approximate surface area is 718 Å². The van der Waals surface area contributed by atoms with E-state index in [0.29, 0.717) is 34.3 Å². The zero-order valence-electron chi connectivity index (χ0n) is 66.1. The maximum absolute atomic E-state index is 16.4. The number of aliphatic hydroxyl groups is 6. The van der Waals surface area contributed by atoms with E-state index >= 15 is 24.0 Å². The van der Waals surface area contributed by atoms with Crippen LogP contribution >= 0.6 is 46.4 Å². The van der Waals surface area contributed by atoms with Gasteiger partial charge in [0.2, 0.25) is 59.3 Å². The molecule has 22 N–H and O–H groups in total. The molecule has 2 fully saturated rings. The van der Waals surface area contributed by atoms with Crippen molar-refractivity contribution in [1.82, 2.24) is 42.5 Å². The molecule has 7 aromatic carbocycles. The number of carbonyl (C=O) groups is 8. The summed E-state index contributed by atoms with van der Waals surface area (Å²) >= 11 is 26.8. The fourth-order valence-corrected chi connectivity index (χ4v) is 15.7. The minimum absolute atomic E-state index is 0.0302. The molecule has 0 saturated carbocycles. The van der Waals surface area contributed by atoms with Crippen molar-refractivity contribution in [2.45, 2.75) is 176 Å². The number of fused-ring (bicyclic) bond motifs is 15. The van der Waals surface area contributed by atoms with Crippen molar-refractivity contribution in [3.8, 4) is 62.9 Å². The van der Waals surface area contributed by atoms with Crippen LogP contribution in [0.15, 0.2) is 121 Å². The molecular weight excluding hydrogens is 1680 g/mol. The van der Waals surface area contributed by atoms with Crippen LogP contribution in [0.3, 0.4) is 0 Å². The van der Waals surface area contributed by atoms with Crippen molar-refractivity contribution in [3.63, 3.8) is 0 Å². The highest BCUT2D eigenvalue weighted by atomic mass is 35.5. The third-order valence-corrected chi connectivity index (χ3v) is 22.7. The van der Waals surface area contributed by atoms with E-state index in [1.807, 2.05) is 13.8 Å². The molecule has 0 aliphatic carbocycles. The number of likely N-dealkylation sites (N-methyl/N-ethyl adjacent to an activating group) is 1. The first-order valence-corrected chi connectivity index (χ1v) is 40.4. The third kappa shape index (κ3) is 20.5. The Morgan fingerprint density at radius 1 is 0.664 bits per heavy atom. The molecular formula is C83H93Cl4N11O24. The molecule has 14 rings (SSSR count). The lowest BCUT2D eigenvalue weighted by molar-refractivity contribution is -0.332. The summed E-state index contributed by atoms with van der Waals surface area (Å²) in [5.41, 5.74) is 9.09. The fraction of sp³-hybridized carbons (Fsp3) is 0.398. The van der Waals surface area contributed by atoms with E-state index in [2.05, 4.69) is 47.9 Å². The summed E-state index contributed by atoms with van der Waals surface area (Å²) in [5, 5.41) is 131. The van der Waals surface area contributed by atoms with Gasteiger partial charge in [-0.05, 0) is 177 Å². The number of aliphatic hydroxyl groups excluding tert-OH is 6. The average molecular weight is 1770 g/mol. The summed E-state index contributed by atoms with van der Waals surface area (Å²) < 4.78 is 45.7. The maximum Gasteiger partial charge on any atom is 0.248 e. The van der Waals surface area contributed by atoms with E-state index in [4.69, 9.17) is 91.0 Å². The summed E-state index contributed by atoms with van der Waals surface area (Å²) in [6.45, 7) is 6.23. The Kier molecular flexibility index (Phi) is 28.9. The molecule has 4 unspecified atom stereocenters. The number of phenolic OH excluding ortho intramolecular Hbond substituents is 3. The van der Waals surface area contributed by atoms with Gasteiger partial charge >= 0.3 is 0 Å². The molecule has 11 bridgehead atoms. The summed E-state index contributed by atoms with van der Waals surface area (Å²) in [4.78, 5) is 120. The minimum Gasteiger partial charge on any atom is -0.508 e. The third-order valence-electron chi connectivity index (χ3n) is 21.4. The molecule has 8 amide bonds. The monoisotopic (exact) mass is 1770 g/mol. The molecule has 7 aliphatic rings. The quantitative estimate of drug-likeness (QED) is 0.0401. The lowest BCUT2D eigenvalue weighted by atomic mass is 9.84. The van der Waals surface area contributed by atoms with E-state index < -0.39 is 220 Å². The molecule has 7 aromatic rings. The number of nitrogens with two attached hydrogens (primary N) is 2. The molecule has 0 spiro atoms. The maximum atomic E-state index is 16.4. The lowest BCUT2D eigenvalue weighted by Crippen LogP contribution is -2.64. The van der Waals surface area contributed by atoms with Crippen LogP contribution in [0.4, 0.5) is 5.69 Å². The minimum atomic E-state index is -2.36. The number of primary amides is 1. The van der Waals surface area contributed by atoms with Gasteiger partial charge in [-0.3, -0.25) is 38.4 Å². The molecule has 18 atom stereocenters. The van der Waals surface area contributed by atoms with Crippen molar-refractivity contribution in [2.75, 3.05) is 32.1 Å². The molecule has 2 saturated heterocycles. The van der Waals surface area contributed by atoms with Gasteiger partial charge in [-0.1, -0.05) is 84.5 Å². The smallest absolute Gasteiger partial charge is 0.248 e. The van der Waals surface area contributed by atoms with Gasteiger partial charge in [-0.25, -0.2) is 0 Å². The first-order chi connectivity index (χ1) is 58.0. The predicted molar refractivity (Wildman–Crippen MR) is 440 cm³/mol. The van der Waals surface area contributed by atoms with Gasteiger partial charge in [0.05, 0.1) is 50.8 Å². The predicted octanol–water partition coefficient (Wildman–Crippen LogP) is 4.92. The Bertz CT molecular complexity index is 5100. The Morgan fingerprint density at radius 2 is 1.31 bits per heavy atom. The average Bonchev–Trinajstić information content (AvgIpc) is 0.761. The van der Waals surface area contributed by atoms with E-state index in [0.717, 1.165) is 66.2 Å². The standard InChI is InChI=1S/C83H93Cl4N11O24/c1-35(2)22-51(90-5)75(109)96-66-68(104)39-10-18-55(49(86)25-39)118-57-27-41-28-58(72(57)122-82-73(71(107)70(106)59(33-99)120-82)121-61-32-83(4,74(108)36(3)117-61)98-42-12-14-44(15-13-42)116-34-37-8-16-47(84)48(85)23-37)119-56-19-11-40(26-50(56)87)69(105)67-81(115)95-65(77(111)91-21-7-6-20-88)46-29-43(100)30-54(102)62(46)45-24-38(9-17-53(45)101)63(78(112)97-67)94-79(113)64(41)93-76(110)52(31-60(89)103)92-80(66)114/h8-19,23-30,35-36,51-52,59,61,63-71,73-74,82,90,98-102,104-108H,6-7,20-22,31-34,88H2,1-5H3,(H2,89,103)(H,91,111)(H,92,114)(H,93,110)(H,94,113)(H,95,115)(H,96,109)(H,97,112)/t36-,51+,52-,59+,61-,63+,64?,65?,66?,67?,68+,69+,70+,71-,73+,74+,82-,83-/m0/s1. The molecule has 652 valence electrons. The number of nitrogens with one attached hydrogen (secondary N) is 9. The van der Waals surface area contributed by atoms with Gasteiger partial charge in [-0.2, -0.15) is 0 Å². The van der Waals surface area contributed by atoms with Crippen LogP contribution < -0.4 is 78.3 Å². The Balaban J connectivity index is 1.03. The first-order valence-electron chi connectivity index (χ1n) is 38.9. The van der Waals surface area contributed by atoms with Gasteiger partial charge in [-0.15, -0.1) is 0 Å². The number of rotatable bonds is 22. The van der Waals surface area contributed by atoms with Crippen molar-refractivity contribution in [1.29, 1.82) is 0 Å². The van der Waals surface area contributed by atoms with Gasteiger partial charge < -0.3 is 138 Å². The van der Waals surface area contributed by atoms with Crippen LogP contribution in [0.2, 0.25) is 20.1 Å². The van der Waals surface area contributed by atoms with Crippen LogP contribution in [-0.2, 0) is 59.2 Å². The van der Waals surface area contributed by atoms with E-state index in [1.165, 1.54) is 25.2 Å². The summed E-state index contributed by atoms with van der Waals surface area (Å²) in [6, 6.07) is 12.1. The number of unbranched alkanes of at least 4 members (excludes halogenated alkanes) is 1. The number of aromatic hydroxyl groups is 3. The van der Waals surface area contributed by atoms with Gasteiger partial charge in [0.1, 0.15) is 114 Å². The van der Waals surface area contributed by atoms with Gasteiger partial charge in [0.15, 0.2) is 23.9 Å². The molecule has 7 heterocycles. The van der Waals surface area contributed by atoms with Crippen LogP contribution in [0.5, 0.6) is 51.7 Å². The number of benzene rings is 7. The molecule has 0 radical (unpaired) electrons.